The molecule has 0 fully saturated rings. The fourth-order valence-corrected chi connectivity index (χ4v) is 2.27. The Morgan fingerprint density at radius 2 is 1.87 bits per heavy atom. The van der Waals surface area contributed by atoms with Crippen molar-refractivity contribution in [3.63, 3.8) is 0 Å². The van der Waals surface area contributed by atoms with E-state index in [1.807, 2.05) is 62.4 Å². The predicted octanol–water partition coefficient (Wildman–Crippen LogP) is 3.31. The van der Waals surface area contributed by atoms with Gasteiger partial charge in [0, 0.05) is 12.5 Å². The highest BCUT2D eigenvalue weighted by Gasteiger charge is 2.06. The highest BCUT2D eigenvalue weighted by atomic mass is 16.5. The van der Waals surface area contributed by atoms with Crippen molar-refractivity contribution in [3.8, 4) is 5.75 Å². The molecular formula is C19H24N2O2. The van der Waals surface area contributed by atoms with Crippen LogP contribution in [0, 0.1) is 0 Å². The van der Waals surface area contributed by atoms with Crippen LogP contribution in [0.15, 0.2) is 48.5 Å². The van der Waals surface area contributed by atoms with Crippen LogP contribution in [0.4, 0.5) is 5.69 Å². The molecule has 4 heteroatoms. The minimum atomic E-state index is 0.0583. The number of aryl methyl sites for hydroxylation is 1. The Morgan fingerprint density at radius 1 is 1.13 bits per heavy atom. The van der Waals surface area contributed by atoms with Crippen molar-refractivity contribution in [1.29, 1.82) is 0 Å². The zero-order valence-electron chi connectivity index (χ0n) is 13.7. The quantitative estimate of drug-likeness (QED) is 0.771. The van der Waals surface area contributed by atoms with Gasteiger partial charge in [0.2, 0.25) is 5.91 Å². The van der Waals surface area contributed by atoms with Crippen molar-refractivity contribution >= 4 is 11.6 Å². The van der Waals surface area contributed by atoms with Gasteiger partial charge < -0.3 is 15.8 Å². The van der Waals surface area contributed by atoms with Gasteiger partial charge in [-0.2, -0.15) is 0 Å². The summed E-state index contributed by atoms with van der Waals surface area (Å²) in [6.45, 7) is 4.39. The first kappa shape index (κ1) is 16.9. The number of carbonyl (C=O) groups excluding carboxylic acids is 1. The predicted molar refractivity (Wildman–Crippen MR) is 93.2 cm³/mol. The van der Waals surface area contributed by atoms with E-state index in [4.69, 9.17) is 10.5 Å². The molecule has 0 aromatic heterocycles. The van der Waals surface area contributed by atoms with Gasteiger partial charge in [0.25, 0.3) is 0 Å². The molecule has 3 N–H and O–H groups in total. The van der Waals surface area contributed by atoms with Gasteiger partial charge in [0.05, 0.1) is 5.69 Å². The number of nitrogens with one attached hydrogen (secondary N) is 1. The van der Waals surface area contributed by atoms with Crippen molar-refractivity contribution < 1.29 is 9.53 Å². The van der Waals surface area contributed by atoms with E-state index in [1.54, 1.807) is 0 Å². The molecule has 0 unspecified atom stereocenters. The molecule has 0 spiro atoms. The molecule has 2 rings (SSSR count). The molecule has 0 heterocycles. The number of hydrogen-bond donors (Lipinski definition) is 2. The summed E-state index contributed by atoms with van der Waals surface area (Å²) in [6.07, 6.45) is 1.13. The zero-order chi connectivity index (χ0) is 16.7. The van der Waals surface area contributed by atoms with Crippen LogP contribution in [-0.2, 0) is 17.8 Å². The van der Waals surface area contributed by atoms with Gasteiger partial charge in [0.15, 0.2) is 0 Å². The summed E-state index contributed by atoms with van der Waals surface area (Å²) in [6, 6.07) is 15.8. The molecule has 0 aliphatic carbocycles. The van der Waals surface area contributed by atoms with Crippen LogP contribution in [-0.4, -0.2) is 11.9 Å². The molecule has 0 aliphatic rings. The van der Waals surface area contributed by atoms with Gasteiger partial charge in [0.1, 0.15) is 12.4 Å². The highest BCUT2D eigenvalue weighted by Crippen LogP contribution is 2.24. The number of carbonyl (C=O) groups is 1. The third-order valence-electron chi connectivity index (χ3n) is 3.40. The van der Waals surface area contributed by atoms with Crippen molar-refractivity contribution in [3.05, 3.63) is 59.7 Å². The molecule has 4 nitrogen and oxygen atoms in total. The summed E-state index contributed by atoms with van der Waals surface area (Å²) < 4.78 is 5.75. The second-order valence-electron chi connectivity index (χ2n) is 5.87. The lowest BCUT2D eigenvalue weighted by atomic mass is 10.1. The highest BCUT2D eigenvalue weighted by molar-refractivity contribution is 5.76. The Kier molecular flexibility index (Phi) is 6.03. The minimum Gasteiger partial charge on any atom is -0.487 e. The van der Waals surface area contributed by atoms with Crippen molar-refractivity contribution in [1.82, 2.24) is 5.32 Å². The molecular weight excluding hydrogens is 288 g/mol. The molecule has 2 aromatic rings. The van der Waals surface area contributed by atoms with Crippen LogP contribution < -0.4 is 15.8 Å². The van der Waals surface area contributed by atoms with Gasteiger partial charge in [-0.1, -0.05) is 36.4 Å². The molecule has 0 saturated carbocycles. The van der Waals surface area contributed by atoms with Crippen molar-refractivity contribution in [2.24, 2.45) is 0 Å². The Hall–Kier alpha value is -2.49. The number of nitrogens with two attached hydrogens (primary N) is 1. The maximum Gasteiger partial charge on any atom is 0.220 e. The lowest BCUT2D eigenvalue weighted by Crippen LogP contribution is -2.30. The molecule has 0 radical (unpaired) electrons. The van der Waals surface area contributed by atoms with Crippen LogP contribution in [0.5, 0.6) is 5.75 Å². The summed E-state index contributed by atoms with van der Waals surface area (Å²) in [4.78, 5) is 11.7. The summed E-state index contributed by atoms with van der Waals surface area (Å²) in [5.74, 6) is 0.729. The number of amides is 1. The summed E-state index contributed by atoms with van der Waals surface area (Å²) in [5.41, 5.74) is 8.78. The first-order valence-corrected chi connectivity index (χ1v) is 7.89. The fourth-order valence-electron chi connectivity index (χ4n) is 2.27. The molecule has 0 bridgehead atoms. The summed E-state index contributed by atoms with van der Waals surface area (Å²) in [7, 11) is 0. The van der Waals surface area contributed by atoms with Gasteiger partial charge in [-0.05, 0) is 43.5 Å². The smallest absolute Gasteiger partial charge is 0.220 e. The standard InChI is InChI=1S/C19H24N2O2/c1-14(2)21-19(22)11-9-15-8-10-18(17(20)12-15)23-13-16-6-4-3-5-7-16/h3-8,10,12,14H,9,11,13,20H2,1-2H3,(H,21,22). The molecule has 0 atom stereocenters. The SMILES string of the molecule is CC(C)NC(=O)CCc1ccc(OCc2ccccc2)c(N)c1. The molecule has 2 aromatic carbocycles. The van der Waals surface area contributed by atoms with Gasteiger partial charge in [-0.15, -0.1) is 0 Å². The first-order valence-electron chi connectivity index (χ1n) is 7.89. The number of nitrogen functional groups attached to an aromatic ring is 1. The topological polar surface area (TPSA) is 64.3 Å². The lowest BCUT2D eigenvalue weighted by Gasteiger charge is -2.11. The lowest BCUT2D eigenvalue weighted by molar-refractivity contribution is -0.121. The van der Waals surface area contributed by atoms with E-state index in [0.717, 1.165) is 11.1 Å². The third kappa shape index (κ3) is 5.66. The number of rotatable bonds is 7. The van der Waals surface area contributed by atoms with E-state index in [-0.39, 0.29) is 11.9 Å². The Balaban J connectivity index is 1.89. The third-order valence-corrected chi connectivity index (χ3v) is 3.40. The Morgan fingerprint density at radius 3 is 2.52 bits per heavy atom. The van der Waals surface area contributed by atoms with Crippen LogP contribution in [0.1, 0.15) is 31.4 Å². The molecule has 0 saturated heterocycles. The van der Waals surface area contributed by atoms with Crippen LogP contribution in [0.3, 0.4) is 0 Å². The van der Waals surface area contributed by atoms with Crippen LogP contribution in [0.2, 0.25) is 0 Å². The average molecular weight is 312 g/mol. The van der Waals surface area contributed by atoms with Gasteiger partial charge >= 0.3 is 0 Å². The van der Waals surface area contributed by atoms with Gasteiger partial charge in [-0.25, -0.2) is 0 Å². The maximum absolute atomic E-state index is 11.7. The average Bonchev–Trinajstić information content (AvgIpc) is 2.52. The van der Waals surface area contributed by atoms with Gasteiger partial charge in [-0.3, -0.25) is 4.79 Å². The number of ether oxygens (including phenoxy) is 1. The Bertz CT molecular complexity index is 639. The number of hydrogen-bond acceptors (Lipinski definition) is 3. The van der Waals surface area contributed by atoms with Crippen molar-refractivity contribution in [2.75, 3.05) is 5.73 Å². The molecule has 122 valence electrons. The van der Waals surface area contributed by atoms with E-state index in [9.17, 15) is 4.79 Å². The zero-order valence-corrected chi connectivity index (χ0v) is 13.7. The maximum atomic E-state index is 11.7. The second-order valence-corrected chi connectivity index (χ2v) is 5.87. The summed E-state index contributed by atoms with van der Waals surface area (Å²) >= 11 is 0. The largest absolute Gasteiger partial charge is 0.487 e. The fraction of sp³-hybridized carbons (Fsp3) is 0.316. The number of anilines is 1. The van der Waals surface area contributed by atoms with Crippen LogP contribution in [0.25, 0.3) is 0 Å². The summed E-state index contributed by atoms with van der Waals surface area (Å²) in [5, 5.41) is 2.88. The normalized spacial score (nSPS) is 10.6. The molecule has 23 heavy (non-hydrogen) atoms. The van der Waals surface area contributed by atoms with E-state index in [1.165, 1.54) is 0 Å². The van der Waals surface area contributed by atoms with E-state index >= 15 is 0 Å². The molecule has 1 amide bonds. The second kappa shape index (κ2) is 8.22. The Labute approximate surface area is 137 Å². The van der Waals surface area contributed by atoms with E-state index < -0.39 is 0 Å². The van der Waals surface area contributed by atoms with E-state index in [2.05, 4.69) is 5.32 Å². The minimum absolute atomic E-state index is 0.0583. The van der Waals surface area contributed by atoms with Crippen LogP contribution >= 0.6 is 0 Å². The van der Waals surface area contributed by atoms with Crippen molar-refractivity contribution in [2.45, 2.75) is 39.3 Å². The first-order chi connectivity index (χ1) is 11.0. The molecule has 0 aliphatic heterocycles. The van der Waals surface area contributed by atoms with E-state index in [0.29, 0.717) is 30.9 Å². The monoisotopic (exact) mass is 312 g/mol. The number of benzene rings is 2.